The zero-order chi connectivity index (χ0) is 17.3. The van der Waals surface area contributed by atoms with Gasteiger partial charge in [0.1, 0.15) is 12.4 Å². The fourth-order valence-electron chi connectivity index (χ4n) is 3.17. The number of benzene rings is 1. The first kappa shape index (κ1) is 16.6. The molecule has 0 radical (unpaired) electrons. The van der Waals surface area contributed by atoms with Crippen LogP contribution in [-0.4, -0.2) is 22.3 Å². The van der Waals surface area contributed by atoms with Crippen molar-refractivity contribution in [2.24, 2.45) is 5.92 Å². The van der Waals surface area contributed by atoms with Gasteiger partial charge in [-0.25, -0.2) is 0 Å². The molecule has 0 saturated heterocycles. The van der Waals surface area contributed by atoms with Crippen molar-refractivity contribution in [3.05, 3.63) is 46.8 Å². The third-order valence-corrected chi connectivity index (χ3v) is 4.32. The molecule has 0 aliphatic carbocycles. The molecule has 0 fully saturated rings. The molecule has 0 bridgehead atoms. The minimum atomic E-state index is -0.106. The molecule has 0 saturated carbocycles. The quantitative estimate of drug-likeness (QED) is 0.917. The van der Waals surface area contributed by atoms with Gasteiger partial charge in [0, 0.05) is 12.1 Å². The van der Waals surface area contributed by atoms with Gasteiger partial charge in [-0.2, -0.15) is 5.10 Å². The molecule has 0 unspecified atom stereocenters. The Kier molecular flexibility index (Phi) is 4.60. The summed E-state index contributed by atoms with van der Waals surface area (Å²) in [5.74, 6) is 1.27. The highest BCUT2D eigenvalue weighted by molar-refractivity contribution is 5.95. The molecule has 2 heterocycles. The van der Waals surface area contributed by atoms with Gasteiger partial charge >= 0.3 is 0 Å². The number of aromatic nitrogens is 2. The summed E-state index contributed by atoms with van der Waals surface area (Å²) in [6.45, 7) is 9.70. The van der Waals surface area contributed by atoms with Crippen LogP contribution < -0.4 is 10.1 Å². The molecule has 1 aromatic carbocycles. The highest BCUT2D eigenvalue weighted by Gasteiger charge is 2.27. The maximum Gasteiger partial charge on any atom is 0.255 e. The van der Waals surface area contributed by atoms with Crippen LogP contribution in [0.25, 0.3) is 0 Å². The van der Waals surface area contributed by atoms with Crippen molar-refractivity contribution in [2.45, 2.75) is 46.7 Å². The van der Waals surface area contributed by atoms with Crippen molar-refractivity contribution < 1.29 is 9.53 Å². The van der Waals surface area contributed by atoms with Crippen molar-refractivity contribution in [3.8, 4) is 5.75 Å². The van der Waals surface area contributed by atoms with Gasteiger partial charge in [0.2, 0.25) is 0 Å². The maximum absolute atomic E-state index is 12.8. The van der Waals surface area contributed by atoms with Gasteiger partial charge in [-0.05, 0) is 25.3 Å². The van der Waals surface area contributed by atoms with Crippen molar-refractivity contribution in [1.29, 1.82) is 0 Å². The molecule has 1 aliphatic rings. The van der Waals surface area contributed by atoms with E-state index in [1.165, 1.54) is 0 Å². The van der Waals surface area contributed by atoms with Crippen LogP contribution in [0, 0.1) is 12.8 Å². The summed E-state index contributed by atoms with van der Waals surface area (Å²) in [6.07, 6.45) is 2.47. The van der Waals surface area contributed by atoms with Gasteiger partial charge in [0.25, 0.3) is 5.91 Å². The lowest BCUT2D eigenvalue weighted by molar-refractivity contribution is 0.0929. The SMILES string of the molecule is CCc1c(C(=O)N[C@@H]2COc3ccc(C)cc32)cnn1CC(C)C. The number of aryl methyl sites for hydroxylation is 1. The Morgan fingerprint density at radius 3 is 2.96 bits per heavy atom. The largest absolute Gasteiger partial charge is 0.491 e. The first-order chi connectivity index (χ1) is 11.5. The Balaban J connectivity index is 1.80. The molecule has 1 N–H and O–H groups in total. The second-order valence-electron chi connectivity index (χ2n) is 6.81. The average molecular weight is 327 g/mol. The van der Waals surface area contributed by atoms with E-state index in [1.54, 1.807) is 6.20 Å². The summed E-state index contributed by atoms with van der Waals surface area (Å²) >= 11 is 0. The second kappa shape index (κ2) is 6.67. The predicted octanol–water partition coefficient (Wildman–Crippen LogP) is 3.27. The van der Waals surface area contributed by atoms with E-state index >= 15 is 0 Å². The van der Waals surface area contributed by atoms with Crippen molar-refractivity contribution in [1.82, 2.24) is 15.1 Å². The van der Waals surface area contributed by atoms with E-state index in [9.17, 15) is 4.79 Å². The molecule has 1 aromatic heterocycles. The number of ether oxygens (including phenoxy) is 1. The predicted molar refractivity (Wildman–Crippen MR) is 93.3 cm³/mol. The average Bonchev–Trinajstić information content (AvgIpc) is 3.11. The van der Waals surface area contributed by atoms with Crippen LogP contribution in [0.5, 0.6) is 5.75 Å². The summed E-state index contributed by atoms with van der Waals surface area (Å²) in [7, 11) is 0. The van der Waals surface area contributed by atoms with Crippen LogP contribution in [0.4, 0.5) is 0 Å². The van der Waals surface area contributed by atoms with E-state index in [2.05, 4.69) is 37.3 Å². The van der Waals surface area contributed by atoms with Crippen molar-refractivity contribution >= 4 is 5.91 Å². The Morgan fingerprint density at radius 1 is 1.46 bits per heavy atom. The normalized spacial score (nSPS) is 16.1. The third kappa shape index (κ3) is 3.16. The second-order valence-corrected chi connectivity index (χ2v) is 6.81. The fraction of sp³-hybridized carbons (Fsp3) is 0.474. The topological polar surface area (TPSA) is 56.1 Å². The summed E-state index contributed by atoms with van der Waals surface area (Å²) in [5, 5.41) is 7.51. The van der Waals surface area contributed by atoms with Crippen molar-refractivity contribution in [3.63, 3.8) is 0 Å². The van der Waals surface area contributed by atoms with Crippen LogP contribution in [0.3, 0.4) is 0 Å². The van der Waals surface area contributed by atoms with Gasteiger partial charge < -0.3 is 10.1 Å². The zero-order valence-electron chi connectivity index (χ0n) is 14.8. The van der Waals surface area contributed by atoms with Gasteiger partial charge in [0.15, 0.2) is 0 Å². The molecular formula is C19H25N3O2. The van der Waals surface area contributed by atoms with Gasteiger partial charge in [0.05, 0.1) is 23.5 Å². The molecule has 5 heteroatoms. The maximum atomic E-state index is 12.8. The van der Waals surface area contributed by atoms with E-state index in [1.807, 2.05) is 23.7 Å². The van der Waals surface area contributed by atoms with Crippen LogP contribution in [-0.2, 0) is 13.0 Å². The van der Waals surface area contributed by atoms with Gasteiger partial charge in [-0.3, -0.25) is 9.48 Å². The number of rotatable bonds is 5. The van der Waals surface area contributed by atoms with Crippen LogP contribution >= 0.6 is 0 Å². The Hall–Kier alpha value is -2.30. The lowest BCUT2D eigenvalue weighted by Crippen LogP contribution is -2.30. The smallest absolute Gasteiger partial charge is 0.255 e. The standard InChI is InChI=1S/C19H25N3O2/c1-5-17-15(9-20-22(17)10-12(2)3)19(23)21-16-11-24-18-7-6-13(4)8-14(16)18/h6-9,12,16H,5,10-11H2,1-4H3,(H,21,23)/t16-/m1/s1. The van der Waals surface area contributed by atoms with Crippen LogP contribution in [0.15, 0.2) is 24.4 Å². The lowest BCUT2D eigenvalue weighted by atomic mass is 10.1. The number of nitrogens with one attached hydrogen (secondary N) is 1. The van der Waals surface area contributed by atoms with E-state index in [0.29, 0.717) is 18.1 Å². The molecule has 24 heavy (non-hydrogen) atoms. The molecular weight excluding hydrogens is 302 g/mol. The number of carbonyl (C=O) groups is 1. The number of amides is 1. The Labute approximate surface area is 143 Å². The van der Waals surface area contributed by atoms with Crippen molar-refractivity contribution in [2.75, 3.05) is 6.61 Å². The highest BCUT2D eigenvalue weighted by Crippen LogP contribution is 2.33. The number of nitrogens with zero attached hydrogens (tertiary/aromatic N) is 2. The Bertz CT molecular complexity index is 749. The summed E-state index contributed by atoms with van der Waals surface area (Å²) < 4.78 is 7.63. The monoisotopic (exact) mass is 327 g/mol. The number of hydrogen-bond acceptors (Lipinski definition) is 3. The molecule has 0 spiro atoms. The van der Waals surface area contributed by atoms with Gasteiger partial charge in [-0.1, -0.05) is 38.5 Å². The third-order valence-electron chi connectivity index (χ3n) is 4.32. The molecule has 128 valence electrons. The van der Waals surface area contributed by atoms with Gasteiger partial charge in [-0.15, -0.1) is 0 Å². The molecule has 5 nitrogen and oxygen atoms in total. The van der Waals surface area contributed by atoms with E-state index in [-0.39, 0.29) is 11.9 Å². The van der Waals surface area contributed by atoms with E-state index < -0.39 is 0 Å². The lowest BCUT2D eigenvalue weighted by Gasteiger charge is -2.13. The minimum absolute atomic E-state index is 0.0789. The fourth-order valence-corrected chi connectivity index (χ4v) is 3.17. The molecule has 1 amide bonds. The zero-order valence-corrected chi connectivity index (χ0v) is 14.8. The van der Waals surface area contributed by atoms with E-state index in [4.69, 9.17) is 4.74 Å². The van der Waals surface area contributed by atoms with E-state index in [0.717, 1.165) is 35.5 Å². The first-order valence-corrected chi connectivity index (χ1v) is 8.58. The first-order valence-electron chi connectivity index (χ1n) is 8.58. The summed E-state index contributed by atoms with van der Waals surface area (Å²) in [5.41, 5.74) is 3.87. The summed E-state index contributed by atoms with van der Waals surface area (Å²) in [6, 6.07) is 5.96. The molecule has 1 aliphatic heterocycles. The minimum Gasteiger partial charge on any atom is -0.491 e. The number of fused-ring (bicyclic) bond motifs is 1. The molecule has 1 atom stereocenters. The molecule has 2 aromatic rings. The number of hydrogen-bond donors (Lipinski definition) is 1. The van der Waals surface area contributed by atoms with Crippen LogP contribution in [0.2, 0.25) is 0 Å². The summed E-state index contributed by atoms with van der Waals surface area (Å²) in [4.78, 5) is 12.8. The molecule has 3 rings (SSSR count). The Morgan fingerprint density at radius 2 is 2.25 bits per heavy atom. The highest BCUT2D eigenvalue weighted by atomic mass is 16.5. The number of carbonyl (C=O) groups excluding carboxylic acids is 1. The van der Waals surface area contributed by atoms with Crippen LogP contribution in [0.1, 0.15) is 54.0 Å².